The molecule has 0 aliphatic carbocycles. The first kappa shape index (κ1) is 17.2. The first-order chi connectivity index (χ1) is 12.7. The van der Waals surface area contributed by atoms with Crippen LogP contribution in [0.2, 0.25) is 0 Å². The number of carbonyl (C=O) groups excluding carboxylic acids is 1. The fourth-order valence-corrected chi connectivity index (χ4v) is 2.32. The van der Waals surface area contributed by atoms with Crippen LogP contribution in [0.15, 0.2) is 54.2 Å². The molecule has 1 aliphatic rings. The van der Waals surface area contributed by atoms with Gasteiger partial charge in [-0.1, -0.05) is 6.07 Å². The molecule has 0 bridgehead atoms. The van der Waals surface area contributed by atoms with Gasteiger partial charge in [0.25, 0.3) is 5.91 Å². The normalized spacial score (nSPS) is 12.2. The summed E-state index contributed by atoms with van der Waals surface area (Å²) in [7, 11) is 1.58. The maximum Gasteiger partial charge on any atom is 0.263 e. The van der Waals surface area contributed by atoms with Crippen LogP contribution in [0.25, 0.3) is 0 Å². The number of anilines is 1. The number of nitrogens with zero attached hydrogens (tertiary/aromatic N) is 1. The quantitative estimate of drug-likeness (QED) is 0.614. The standard InChI is InChI=1S/C19H17N3O4/c1-24-16-5-3-15(4-6-16)21-11-14(9-20)19(23)22-10-13-2-7-17-18(8-13)26-12-25-17/h2-8,11,21H,10,12H2,1H3,(H,22,23)/b14-11-. The van der Waals surface area contributed by atoms with Gasteiger partial charge in [-0.2, -0.15) is 5.26 Å². The van der Waals surface area contributed by atoms with Gasteiger partial charge in [-0.3, -0.25) is 4.79 Å². The third-order valence-corrected chi connectivity index (χ3v) is 3.73. The first-order valence-electron chi connectivity index (χ1n) is 7.87. The van der Waals surface area contributed by atoms with Gasteiger partial charge in [-0.05, 0) is 42.0 Å². The highest BCUT2D eigenvalue weighted by atomic mass is 16.7. The zero-order valence-corrected chi connectivity index (χ0v) is 14.1. The molecule has 26 heavy (non-hydrogen) atoms. The minimum Gasteiger partial charge on any atom is -0.497 e. The molecule has 0 saturated carbocycles. The summed E-state index contributed by atoms with van der Waals surface area (Å²) in [6.07, 6.45) is 1.37. The molecule has 7 nitrogen and oxygen atoms in total. The van der Waals surface area contributed by atoms with Crippen molar-refractivity contribution in [2.75, 3.05) is 19.2 Å². The molecule has 2 aromatic rings. The highest BCUT2D eigenvalue weighted by Gasteiger charge is 2.14. The lowest BCUT2D eigenvalue weighted by Crippen LogP contribution is -2.24. The van der Waals surface area contributed by atoms with E-state index in [9.17, 15) is 10.1 Å². The topological polar surface area (TPSA) is 92.6 Å². The molecular weight excluding hydrogens is 334 g/mol. The SMILES string of the molecule is COc1ccc(N/C=C(/C#N)C(=O)NCc2ccc3c(c2)OCO3)cc1. The van der Waals surface area contributed by atoms with Crippen molar-refractivity contribution in [3.63, 3.8) is 0 Å². The zero-order valence-electron chi connectivity index (χ0n) is 14.1. The second kappa shape index (κ2) is 7.94. The van der Waals surface area contributed by atoms with Crippen LogP contribution in [0.4, 0.5) is 5.69 Å². The largest absolute Gasteiger partial charge is 0.497 e. The number of rotatable bonds is 6. The molecule has 0 spiro atoms. The highest BCUT2D eigenvalue weighted by molar-refractivity contribution is 5.97. The number of amides is 1. The molecule has 7 heteroatoms. The van der Waals surface area contributed by atoms with Crippen LogP contribution in [0, 0.1) is 11.3 Å². The molecule has 3 rings (SSSR count). The lowest BCUT2D eigenvalue weighted by atomic mass is 10.2. The van der Waals surface area contributed by atoms with Crippen LogP contribution < -0.4 is 24.8 Å². The summed E-state index contributed by atoms with van der Waals surface area (Å²) in [6.45, 7) is 0.473. The highest BCUT2D eigenvalue weighted by Crippen LogP contribution is 2.32. The molecule has 0 unspecified atom stereocenters. The Morgan fingerprint density at radius 1 is 1.23 bits per heavy atom. The average Bonchev–Trinajstić information content (AvgIpc) is 3.15. The Balaban J connectivity index is 1.58. The molecule has 0 aromatic heterocycles. The number of hydrogen-bond acceptors (Lipinski definition) is 6. The van der Waals surface area contributed by atoms with E-state index in [1.165, 1.54) is 6.20 Å². The summed E-state index contributed by atoms with van der Waals surface area (Å²) in [4.78, 5) is 12.2. The minimum atomic E-state index is -0.467. The predicted octanol–water partition coefficient (Wildman–Crippen LogP) is 2.56. The van der Waals surface area contributed by atoms with Gasteiger partial charge in [-0.15, -0.1) is 0 Å². The van der Waals surface area contributed by atoms with Gasteiger partial charge in [0.15, 0.2) is 11.5 Å². The first-order valence-corrected chi connectivity index (χ1v) is 7.87. The fourth-order valence-electron chi connectivity index (χ4n) is 2.32. The van der Waals surface area contributed by atoms with E-state index in [0.29, 0.717) is 11.5 Å². The second-order valence-corrected chi connectivity index (χ2v) is 5.41. The summed E-state index contributed by atoms with van der Waals surface area (Å²) < 4.78 is 15.6. The smallest absolute Gasteiger partial charge is 0.263 e. The lowest BCUT2D eigenvalue weighted by Gasteiger charge is -2.07. The van der Waals surface area contributed by atoms with Gasteiger partial charge >= 0.3 is 0 Å². The van der Waals surface area contributed by atoms with Crippen molar-refractivity contribution in [2.24, 2.45) is 0 Å². The summed E-state index contributed by atoms with van der Waals surface area (Å²) in [5.74, 6) is 1.59. The van der Waals surface area contributed by atoms with E-state index >= 15 is 0 Å². The molecule has 1 heterocycles. The van der Waals surface area contributed by atoms with E-state index in [2.05, 4.69) is 10.6 Å². The number of nitrogens with one attached hydrogen (secondary N) is 2. The Bertz CT molecular complexity index is 869. The van der Waals surface area contributed by atoms with Crippen molar-refractivity contribution in [1.29, 1.82) is 5.26 Å². The van der Waals surface area contributed by atoms with Crippen molar-refractivity contribution in [3.8, 4) is 23.3 Å². The molecule has 1 amide bonds. The average molecular weight is 351 g/mol. The monoisotopic (exact) mass is 351 g/mol. The van der Waals surface area contributed by atoms with E-state index in [1.54, 1.807) is 43.5 Å². The van der Waals surface area contributed by atoms with Gasteiger partial charge in [0.1, 0.15) is 17.4 Å². The van der Waals surface area contributed by atoms with Gasteiger partial charge < -0.3 is 24.8 Å². The molecule has 2 aromatic carbocycles. The van der Waals surface area contributed by atoms with Crippen molar-refractivity contribution in [2.45, 2.75) is 6.54 Å². The number of nitriles is 1. The van der Waals surface area contributed by atoms with Crippen LogP contribution in [0.5, 0.6) is 17.2 Å². The summed E-state index contributed by atoms with van der Waals surface area (Å²) in [5.41, 5.74) is 1.56. The zero-order chi connectivity index (χ0) is 18.4. The maximum atomic E-state index is 12.2. The van der Waals surface area contributed by atoms with Gasteiger partial charge in [0, 0.05) is 18.4 Å². The van der Waals surface area contributed by atoms with Gasteiger partial charge in [0.05, 0.1) is 7.11 Å². The van der Waals surface area contributed by atoms with Crippen molar-refractivity contribution >= 4 is 11.6 Å². The van der Waals surface area contributed by atoms with Crippen LogP contribution in [0.1, 0.15) is 5.56 Å². The van der Waals surface area contributed by atoms with Crippen LogP contribution in [-0.4, -0.2) is 19.8 Å². The van der Waals surface area contributed by atoms with Crippen LogP contribution in [0.3, 0.4) is 0 Å². The van der Waals surface area contributed by atoms with Gasteiger partial charge in [-0.25, -0.2) is 0 Å². The van der Waals surface area contributed by atoms with Crippen molar-refractivity contribution < 1.29 is 19.0 Å². The predicted molar refractivity (Wildman–Crippen MR) is 94.7 cm³/mol. The van der Waals surface area contributed by atoms with E-state index in [-0.39, 0.29) is 18.9 Å². The number of carbonyl (C=O) groups is 1. The Labute approximate surface area is 150 Å². The Morgan fingerprint density at radius 3 is 2.73 bits per heavy atom. The lowest BCUT2D eigenvalue weighted by molar-refractivity contribution is -0.117. The van der Waals surface area contributed by atoms with Crippen LogP contribution in [-0.2, 0) is 11.3 Å². The third kappa shape index (κ3) is 4.05. The number of hydrogen-bond donors (Lipinski definition) is 2. The molecule has 2 N–H and O–H groups in total. The van der Waals surface area contributed by atoms with E-state index in [0.717, 1.165) is 17.0 Å². The van der Waals surface area contributed by atoms with E-state index < -0.39 is 5.91 Å². The molecule has 0 radical (unpaired) electrons. The molecular formula is C19H17N3O4. The molecule has 0 atom stereocenters. The Kier molecular flexibility index (Phi) is 5.25. The Hall–Kier alpha value is -3.66. The molecule has 0 saturated heterocycles. The third-order valence-electron chi connectivity index (χ3n) is 3.73. The van der Waals surface area contributed by atoms with Crippen molar-refractivity contribution in [1.82, 2.24) is 5.32 Å². The van der Waals surface area contributed by atoms with Gasteiger partial charge in [0.2, 0.25) is 6.79 Å². The summed E-state index contributed by atoms with van der Waals surface area (Å²) in [5, 5.41) is 14.8. The summed E-state index contributed by atoms with van der Waals surface area (Å²) in [6, 6.07) is 14.4. The number of methoxy groups -OCH3 is 1. The van der Waals surface area contributed by atoms with E-state index in [4.69, 9.17) is 14.2 Å². The number of benzene rings is 2. The molecule has 1 aliphatic heterocycles. The number of ether oxygens (including phenoxy) is 3. The molecule has 132 valence electrons. The summed E-state index contributed by atoms with van der Waals surface area (Å²) >= 11 is 0. The van der Waals surface area contributed by atoms with E-state index in [1.807, 2.05) is 12.1 Å². The maximum absolute atomic E-state index is 12.2. The second-order valence-electron chi connectivity index (χ2n) is 5.41. The minimum absolute atomic E-state index is 0.0263. The van der Waals surface area contributed by atoms with Crippen molar-refractivity contribution in [3.05, 3.63) is 59.8 Å². The van der Waals surface area contributed by atoms with Crippen LogP contribution >= 0.6 is 0 Å². The number of fused-ring (bicyclic) bond motifs is 1. The fraction of sp³-hybridized carbons (Fsp3) is 0.158. The molecule has 0 fully saturated rings. The Morgan fingerprint density at radius 2 is 2.00 bits per heavy atom.